The van der Waals surface area contributed by atoms with Crippen LogP contribution in [0.2, 0.25) is 0 Å². The average Bonchev–Trinajstić information content (AvgIpc) is 3.57. The summed E-state index contributed by atoms with van der Waals surface area (Å²) < 4.78 is 7.60. The number of nitrogens with zero attached hydrogens (tertiary/aromatic N) is 4. The van der Waals surface area contributed by atoms with Crippen LogP contribution in [-0.2, 0) is 22.6 Å². The maximum Gasteiger partial charge on any atom is 0.295 e. The van der Waals surface area contributed by atoms with Gasteiger partial charge in [0.05, 0.1) is 22.9 Å². The number of aromatic nitrogens is 2. The number of non-ortho nitro benzene ring substituents is 1. The summed E-state index contributed by atoms with van der Waals surface area (Å²) in [6, 6.07) is 9.99. The van der Waals surface area contributed by atoms with Crippen LogP contribution in [0.3, 0.4) is 0 Å². The van der Waals surface area contributed by atoms with E-state index in [4.69, 9.17) is 4.74 Å². The van der Waals surface area contributed by atoms with Crippen LogP contribution >= 0.6 is 0 Å². The number of Topliss-reactive ketones (excluding diaryl/α,β-unsaturated/α-hetero) is 1. The lowest BCUT2D eigenvalue weighted by atomic mass is 9.94. The molecule has 36 heavy (non-hydrogen) atoms. The highest BCUT2D eigenvalue weighted by atomic mass is 16.6. The predicted octanol–water partition coefficient (Wildman–Crippen LogP) is 3.63. The summed E-state index contributed by atoms with van der Waals surface area (Å²) in [7, 11) is 0. The molecule has 3 aromatic rings. The Labute approximate surface area is 206 Å². The van der Waals surface area contributed by atoms with Gasteiger partial charge in [-0.2, -0.15) is 0 Å². The first-order chi connectivity index (χ1) is 17.3. The summed E-state index contributed by atoms with van der Waals surface area (Å²) in [5.74, 6) is -1.06. The Bertz CT molecular complexity index is 1360. The number of ether oxygens (including phenoxy) is 1. The first kappa shape index (κ1) is 23.3. The zero-order valence-corrected chi connectivity index (χ0v) is 19.5. The maximum atomic E-state index is 13.2. The molecule has 1 N–H and O–H groups in total. The van der Waals surface area contributed by atoms with Crippen molar-refractivity contribution in [3.05, 3.63) is 93.6 Å². The van der Waals surface area contributed by atoms with Crippen LogP contribution in [0.4, 0.5) is 5.69 Å². The van der Waals surface area contributed by atoms with Gasteiger partial charge in [0, 0.05) is 49.6 Å². The van der Waals surface area contributed by atoms with Gasteiger partial charge in [0.2, 0.25) is 0 Å². The molecule has 184 valence electrons. The van der Waals surface area contributed by atoms with E-state index >= 15 is 0 Å². The van der Waals surface area contributed by atoms with Crippen molar-refractivity contribution in [1.29, 1.82) is 0 Å². The van der Waals surface area contributed by atoms with Gasteiger partial charge in [-0.1, -0.05) is 0 Å². The fourth-order valence-corrected chi connectivity index (χ4v) is 4.80. The molecular weight excluding hydrogens is 464 g/mol. The highest BCUT2D eigenvalue weighted by Crippen LogP contribution is 2.41. The lowest BCUT2D eigenvalue weighted by molar-refractivity contribution is -0.384. The molecule has 0 spiro atoms. The van der Waals surface area contributed by atoms with Gasteiger partial charge in [-0.05, 0) is 54.8 Å². The van der Waals surface area contributed by atoms with Gasteiger partial charge in [-0.25, -0.2) is 4.98 Å². The second-order valence-corrected chi connectivity index (χ2v) is 8.95. The van der Waals surface area contributed by atoms with E-state index in [1.54, 1.807) is 36.9 Å². The third-order valence-electron chi connectivity index (χ3n) is 6.50. The van der Waals surface area contributed by atoms with Gasteiger partial charge in [-0.3, -0.25) is 19.7 Å². The van der Waals surface area contributed by atoms with Gasteiger partial charge in [0.25, 0.3) is 17.4 Å². The zero-order chi connectivity index (χ0) is 25.4. The van der Waals surface area contributed by atoms with Crippen LogP contribution in [0.25, 0.3) is 5.76 Å². The van der Waals surface area contributed by atoms with Crippen LogP contribution in [0.1, 0.15) is 36.1 Å². The van der Waals surface area contributed by atoms with Crippen LogP contribution in [0.15, 0.2) is 66.8 Å². The van der Waals surface area contributed by atoms with Crippen molar-refractivity contribution >= 4 is 23.1 Å². The number of fused-ring (bicyclic) bond motifs is 1. The molecule has 1 amide bonds. The summed E-state index contributed by atoms with van der Waals surface area (Å²) in [4.78, 5) is 42.4. The molecule has 10 heteroatoms. The summed E-state index contributed by atoms with van der Waals surface area (Å²) in [5.41, 5.74) is 1.68. The van der Waals surface area contributed by atoms with E-state index < -0.39 is 22.7 Å². The summed E-state index contributed by atoms with van der Waals surface area (Å²) in [6.45, 7) is 2.78. The van der Waals surface area contributed by atoms with Crippen LogP contribution < -0.4 is 4.74 Å². The maximum absolute atomic E-state index is 13.2. The lowest BCUT2D eigenvalue weighted by Crippen LogP contribution is -2.31. The van der Waals surface area contributed by atoms with Gasteiger partial charge >= 0.3 is 0 Å². The van der Waals surface area contributed by atoms with Crippen molar-refractivity contribution in [2.24, 2.45) is 0 Å². The summed E-state index contributed by atoms with van der Waals surface area (Å²) >= 11 is 0. The normalized spacial score (nSPS) is 20.4. The molecule has 1 fully saturated rings. The number of benzene rings is 2. The third kappa shape index (κ3) is 4.21. The van der Waals surface area contributed by atoms with Crippen LogP contribution in [0.5, 0.6) is 5.75 Å². The van der Waals surface area contributed by atoms with E-state index in [1.165, 1.54) is 29.2 Å². The third-order valence-corrected chi connectivity index (χ3v) is 6.50. The fourth-order valence-electron chi connectivity index (χ4n) is 4.80. The molecule has 0 aliphatic carbocycles. The number of hydrogen-bond acceptors (Lipinski definition) is 7. The smallest absolute Gasteiger partial charge is 0.295 e. The highest BCUT2D eigenvalue weighted by molar-refractivity contribution is 6.46. The second-order valence-electron chi connectivity index (χ2n) is 8.95. The van der Waals surface area contributed by atoms with Crippen molar-refractivity contribution < 1.29 is 24.4 Å². The Morgan fingerprint density at radius 1 is 1.19 bits per heavy atom. The first-order valence-corrected chi connectivity index (χ1v) is 11.6. The number of nitro groups is 1. The minimum atomic E-state index is -0.878. The molecule has 2 aliphatic heterocycles. The summed E-state index contributed by atoms with van der Waals surface area (Å²) in [6.07, 6.45) is 6.36. The predicted molar refractivity (Wildman–Crippen MR) is 129 cm³/mol. The van der Waals surface area contributed by atoms with E-state index in [2.05, 4.69) is 4.98 Å². The Morgan fingerprint density at radius 2 is 1.97 bits per heavy atom. The topological polar surface area (TPSA) is 128 Å². The fraction of sp³-hybridized carbons (Fsp3) is 0.269. The molecule has 2 aromatic carbocycles. The Hall–Kier alpha value is -4.47. The van der Waals surface area contributed by atoms with Gasteiger partial charge in [0.15, 0.2) is 0 Å². The molecule has 2 aliphatic rings. The molecule has 0 bridgehead atoms. The zero-order valence-electron chi connectivity index (χ0n) is 19.5. The number of aliphatic hydroxyl groups is 1. The molecule has 2 atom stereocenters. The minimum Gasteiger partial charge on any atom is -0.507 e. The quantitative estimate of drug-likeness (QED) is 0.177. The van der Waals surface area contributed by atoms with Crippen molar-refractivity contribution in [2.45, 2.75) is 38.5 Å². The number of carbonyl (C=O) groups is 2. The van der Waals surface area contributed by atoms with E-state index in [1.807, 2.05) is 11.5 Å². The van der Waals surface area contributed by atoms with E-state index in [0.717, 1.165) is 11.3 Å². The van der Waals surface area contributed by atoms with Gasteiger partial charge in [0.1, 0.15) is 17.6 Å². The molecule has 3 heterocycles. The number of imidazole rings is 1. The van der Waals surface area contributed by atoms with Gasteiger partial charge in [-0.15, -0.1) is 0 Å². The van der Waals surface area contributed by atoms with Gasteiger partial charge < -0.3 is 19.3 Å². The number of aryl methyl sites for hydroxylation is 1. The van der Waals surface area contributed by atoms with E-state index in [9.17, 15) is 24.8 Å². The van der Waals surface area contributed by atoms with E-state index in [0.29, 0.717) is 30.5 Å². The average molecular weight is 489 g/mol. The van der Waals surface area contributed by atoms with Crippen molar-refractivity contribution in [3.63, 3.8) is 0 Å². The molecular formula is C26H24N4O6. The standard InChI is InChI=1S/C26H24N4O6/c1-16-13-19-14-18(5-8-21(19)36-16)24(31)22-23(17-3-6-20(7-4-17)30(34)35)29(26(33)25(22)32)11-2-10-28-12-9-27-15-28/h3-9,12,14-16,23,31H,2,10-11,13H2,1H3/b24-22+/t16-,23+/m1/s1. The van der Waals surface area contributed by atoms with Crippen LogP contribution in [0, 0.1) is 10.1 Å². The SMILES string of the molecule is C[C@@H]1Cc2cc(/C(O)=C3\C(=O)C(=O)N(CCCn4ccnc4)[C@H]3c3ccc([N+](=O)[O-])cc3)ccc2O1. The number of amides is 1. The molecule has 1 aromatic heterocycles. The van der Waals surface area contributed by atoms with Crippen LogP contribution in [-0.4, -0.2) is 48.8 Å². The molecule has 10 nitrogen and oxygen atoms in total. The number of carbonyl (C=O) groups excluding carboxylic acids is 2. The monoisotopic (exact) mass is 488 g/mol. The lowest BCUT2D eigenvalue weighted by Gasteiger charge is -2.25. The molecule has 0 unspecified atom stereocenters. The number of aliphatic hydroxyl groups excluding tert-OH is 1. The van der Waals surface area contributed by atoms with E-state index in [-0.39, 0.29) is 29.7 Å². The number of rotatable bonds is 7. The van der Waals surface area contributed by atoms with Crippen molar-refractivity contribution in [2.75, 3.05) is 6.54 Å². The van der Waals surface area contributed by atoms with Crippen molar-refractivity contribution in [1.82, 2.24) is 14.5 Å². The Morgan fingerprint density at radius 3 is 2.67 bits per heavy atom. The molecule has 0 radical (unpaired) electrons. The highest BCUT2D eigenvalue weighted by Gasteiger charge is 2.46. The first-order valence-electron chi connectivity index (χ1n) is 11.6. The Kier molecular flexibility index (Phi) is 6.01. The molecule has 1 saturated heterocycles. The second kappa shape index (κ2) is 9.29. The number of ketones is 1. The summed E-state index contributed by atoms with van der Waals surface area (Å²) in [5, 5.41) is 22.4. The molecule has 5 rings (SSSR count). The molecule has 0 saturated carbocycles. The van der Waals surface area contributed by atoms with Crippen molar-refractivity contribution in [3.8, 4) is 5.75 Å². The number of likely N-dealkylation sites (tertiary alicyclic amines) is 1. The number of nitro benzene ring substituents is 1. The largest absolute Gasteiger partial charge is 0.507 e. The number of hydrogen-bond donors (Lipinski definition) is 1. The minimum absolute atomic E-state index is 0.0126. The Balaban J connectivity index is 1.54.